The Kier molecular flexibility index (Phi) is 5.49. The smallest absolute Gasteiger partial charge is 0.234 e. The molecular formula is C22H23N5OS. The van der Waals surface area contributed by atoms with E-state index < -0.39 is 0 Å². The molecule has 29 heavy (non-hydrogen) atoms. The number of amides is 1. The van der Waals surface area contributed by atoms with Gasteiger partial charge in [-0.2, -0.15) is 0 Å². The van der Waals surface area contributed by atoms with Crippen LogP contribution in [0.3, 0.4) is 0 Å². The molecule has 2 heterocycles. The van der Waals surface area contributed by atoms with Gasteiger partial charge in [0.25, 0.3) is 0 Å². The van der Waals surface area contributed by atoms with E-state index in [-0.39, 0.29) is 11.7 Å². The van der Waals surface area contributed by atoms with E-state index in [4.69, 9.17) is 0 Å². The van der Waals surface area contributed by atoms with E-state index in [2.05, 4.69) is 51.9 Å². The Morgan fingerprint density at radius 3 is 2.66 bits per heavy atom. The number of hydrogen-bond acceptors (Lipinski definition) is 5. The van der Waals surface area contributed by atoms with Crippen molar-refractivity contribution in [1.29, 1.82) is 0 Å². The molecule has 0 saturated carbocycles. The highest BCUT2D eigenvalue weighted by Crippen LogP contribution is 2.27. The van der Waals surface area contributed by atoms with Crippen LogP contribution in [0, 0.1) is 0 Å². The SMILES string of the molecule is CCn1c2ccccc2c2nnc(SCC(=O)Nc3ccccc3C(C)C)nc21. The summed E-state index contributed by atoms with van der Waals surface area (Å²) in [7, 11) is 0. The van der Waals surface area contributed by atoms with Crippen LogP contribution in [0.1, 0.15) is 32.3 Å². The molecule has 2 aromatic heterocycles. The molecule has 0 fully saturated rings. The molecule has 0 bridgehead atoms. The number of aromatic nitrogens is 4. The van der Waals surface area contributed by atoms with E-state index in [1.54, 1.807) is 0 Å². The third-order valence-corrected chi connectivity index (χ3v) is 5.70. The number of nitrogens with one attached hydrogen (secondary N) is 1. The second kappa shape index (κ2) is 8.21. The summed E-state index contributed by atoms with van der Waals surface area (Å²) in [4.78, 5) is 17.2. The lowest BCUT2D eigenvalue weighted by molar-refractivity contribution is -0.113. The van der Waals surface area contributed by atoms with Crippen molar-refractivity contribution in [3.05, 3.63) is 54.1 Å². The second-order valence-corrected chi connectivity index (χ2v) is 8.05. The summed E-state index contributed by atoms with van der Waals surface area (Å²) in [6, 6.07) is 16.0. The Hall–Kier alpha value is -2.93. The topological polar surface area (TPSA) is 72.7 Å². The molecule has 0 unspecified atom stereocenters. The van der Waals surface area contributed by atoms with Crippen LogP contribution in [0.5, 0.6) is 0 Å². The first-order valence-electron chi connectivity index (χ1n) is 9.71. The minimum Gasteiger partial charge on any atom is -0.325 e. The highest BCUT2D eigenvalue weighted by Gasteiger charge is 2.15. The van der Waals surface area contributed by atoms with Crippen molar-refractivity contribution in [1.82, 2.24) is 19.7 Å². The van der Waals surface area contributed by atoms with Crippen LogP contribution in [0.2, 0.25) is 0 Å². The standard InChI is InChI=1S/C22H23N5OS/c1-4-27-18-12-8-6-10-16(18)20-21(27)24-22(26-25-20)29-13-19(28)23-17-11-7-5-9-15(17)14(2)3/h5-12,14H,4,13H2,1-3H3,(H,23,28). The molecule has 4 aromatic rings. The number of benzene rings is 2. The molecule has 2 aromatic carbocycles. The maximum absolute atomic E-state index is 12.5. The van der Waals surface area contributed by atoms with Gasteiger partial charge in [-0.1, -0.05) is 62.0 Å². The number of thioether (sulfide) groups is 1. The number of anilines is 1. The molecule has 1 amide bonds. The molecule has 0 atom stereocenters. The van der Waals surface area contributed by atoms with Crippen LogP contribution in [0.25, 0.3) is 22.1 Å². The number of fused-ring (bicyclic) bond motifs is 3. The maximum atomic E-state index is 12.5. The molecule has 148 valence electrons. The normalized spacial score (nSPS) is 11.4. The number of nitrogens with zero attached hydrogens (tertiary/aromatic N) is 4. The fraction of sp³-hybridized carbons (Fsp3) is 0.273. The van der Waals surface area contributed by atoms with E-state index in [1.165, 1.54) is 11.8 Å². The van der Waals surface area contributed by atoms with Crippen molar-refractivity contribution in [3.63, 3.8) is 0 Å². The predicted molar refractivity (Wildman–Crippen MR) is 118 cm³/mol. The van der Waals surface area contributed by atoms with Gasteiger partial charge in [0.15, 0.2) is 5.65 Å². The molecule has 1 N–H and O–H groups in total. The summed E-state index contributed by atoms with van der Waals surface area (Å²) in [5, 5.41) is 13.2. The third-order valence-electron chi connectivity index (χ3n) is 4.86. The van der Waals surface area contributed by atoms with Gasteiger partial charge < -0.3 is 9.88 Å². The molecule has 0 radical (unpaired) electrons. The number of hydrogen-bond donors (Lipinski definition) is 1. The van der Waals surface area contributed by atoms with E-state index in [1.807, 2.05) is 42.5 Å². The minimum absolute atomic E-state index is 0.0807. The summed E-state index contributed by atoms with van der Waals surface area (Å²) in [6.45, 7) is 7.10. The highest BCUT2D eigenvalue weighted by atomic mass is 32.2. The van der Waals surface area contributed by atoms with Crippen molar-refractivity contribution in [2.75, 3.05) is 11.1 Å². The summed E-state index contributed by atoms with van der Waals surface area (Å²) >= 11 is 1.30. The Balaban J connectivity index is 1.53. The Labute approximate surface area is 173 Å². The van der Waals surface area contributed by atoms with E-state index in [9.17, 15) is 4.79 Å². The van der Waals surface area contributed by atoms with Gasteiger partial charge in [0.05, 0.1) is 11.3 Å². The van der Waals surface area contributed by atoms with Gasteiger partial charge in [0, 0.05) is 17.6 Å². The molecule has 0 saturated heterocycles. The summed E-state index contributed by atoms with van der Waals surface area (Å²) in [5.74, 6) is 0.485. The second-order valence-electron chi connectivity index (χ2n) is 7.11. The van der Waals surface area contributed by atoms with Gasteiger partial charge in [-0.3, -0.25) is 4.79 Å². The van der Waals surface area contributed by atoms with Gasteiger partial charge >= 0.3 is 0 Å². The quantitative estimate of drug-likeness (QED) is 0.464. The summed E-state index contributed by atoms with van der Waals surface area (Å²) in [6.07, 6.45) is 0. The number of rotatable bonds is 6. The number of para-hydroxylation sites is 2. The van der Waals surface area contributed by atoms with Crippen molar-refractivity contribution in [2.45, 2.75) is 38.4 Å². The van der Waals surface area contributed by atoms with Crippen LogP contribution >= 0.6 is 11.8 Å². The first-order chi connectivity index (χ1) is 14.1. The zero-order valence-electron chi connectivity index (χ0n) is 16.7. The van der Waals surface area contributed by atoms with Crippen molar-refractivity contribution in [3.8, 4) is 0 Å². The van der Waals surface area contributed by atoms with Gasteiger partial charge in [-0.25, -0.2) is 4.98 Å². The fourth-order valence-corrected chi connectivity index (χ4v) is 4.08. The van der Waals surface area contributed by atoms with Crippen molar-refractivity contribution >= 4 is 45.4 Å². The van der Waals surface area contributed by atoms with Crippen LogP contribution in [-0.4, -0.2) is 31.4 Å². The summed E-state index contributed by atoms with van der Waals surface area (Å²) in [5.41, 5.74) is 4.67. The monoisotopic (exact) mass is 405 g/mol. The zero-order valence-corrected chi connectivity index (χ0v) is 17.5. The highest BCUT2D eigenvalue weighted by molar-refractivity contribution is 7.99. The summed E-state index contributed by atoms with van der Waals surface area (Å²) < 4.78 is 2.13. The average Bonchev–Trinajstić information content (AvgIpc) is 3.05. The Bertz CT molecular complexity index is 1180. The van der Waals surface area contributed by atoms with E-state index in [0.29, 0.717) is 11.1 Å². The lowest BCUT2D eigenvalue weighted by atomic mass is 10.0. The first kappa shape index (κ1) is 19.4. The number of aryl methyl sites for hydroxylation is 1. The Morgan fingerprint density at radius 1 is 1.10 bits per heavy atom. The van der Waals surface area contributed by atoms with Crippen molar-refractivity contribution < 1.29 is 4.79 Å². The fourth-order valence-electron chi connectivity index (χ4n) is 3.50. The molecule has 6 nitrogen and oxygen atoms in total. The molecule has 0 aliphatic rings. The van der Waals surface area contributed by atoms with Gasteiger partial charge in [-0.05, 0) is 30.5 Å². The zero-order chi connectivity index (χ0) is 20.4. The molecule has 0 aliphatic carbocycles. The van der Waals surface area contributed by atoms with Gasteiger partial charge in [0.1, 0.15) is 5.52 Å². The van der Waals surface area contributed by atoms with Crippen LogP contribution in [0.15, 0.2) is 53.7 Å². The van der Waals surface area contributed by atoms with Crippen LogP contribution < -0.4 is 5.32 Å². The van der Waals surface area contributed by atoms with Crippen LogP contribution in [0.4, 0.5) is 5.69 Å². The molecule has 4 rings (SSSR count). The minimum atomic E-state index is -0.0807. The predicted octanol–water partition coefficient (Wildman–Crippen LogP) is 4.85. The van der Waals surface area contributed by atoms with Gasteiger partial charge in [0.2, 0.25) is 11.1 Å². The average molecular weight is 406 g/mol. The van der Waals surface area contributed by atoms with E-state index in [0.717, 1.165) is 39.9 Å². The largest absolute Gasteiger partial charge is 0.325 e. The van der Waals surface area contributed by atoms with Crippen LogP contribution in [-0.2, 0) is 11.3 Å². The lowest BCUT2D eigenvalue weighted by Crippen LogP contribution is -2.16. The number of carbonyl (C=O) groups is 1. The van der Waals surface area contributed by atoms with Crippen molar-refractivity contribution in [2.24, 2.45) is 0 Å². The first-order valence-corrected chi connectivity index (χ1v) is 10.7. The molecular weight excluding hydrogens is 382 g/mol. The van der Waals surface area contributed by atoms with E-state index >= 15 is 0 Å². The molecule has 0 spiro atoms. The lowest BCUT2D eigenvalue weighted by Gasteiger charge is -2.13. The Morgan fingerprint density at radius 2 is 1.86 bits per heavy atom. The maximum Gasteiger partial charge on any atom is 0.234 e. The number of carbonyl (C=O) groups excluding carboxylic acids is 1. The molecule has 7 heteroatoms. The molecule has 0 aliphatic heterocycles. The van der Waals surface area contributed by atoms with Gasteiger partial charge in [-0.15, -0.1) is 10.2 Å². The third kappa shape index (κ3) is 3.82.